The van der Waals surface area contributed by atoms with Crippen LogP contribution in [0.4, 0.5) is 0 Å². The summed E-state index contributed by atoms with van der Waals surface area (Å²) < 4.78 is 1.78. The normalized spacial score (nSPS) is 10.5. The van der Waals surface area contributed by atoms with Gasteiger partial charge in [0, 0.05) is 24.2 Å². The molecule has 0 amide bonds. The molecule has 2 aromatic heterocycles. The summed E-state index contributed by atoms with van der Waals surface area (Å²) in [6, 6.07) is 9.86. The third kappa shape index (κ3) is 1.98. The Morgan fingerprint density at radius 2 is 1.78 bits per heavy atom. The molecule has 4 nitrogen and oxygen atoms in total. The molecule has 5 heteroatoms. The monoisotopic (exact) mass is 256 g/mol. The molecule has 0 radical (unpaired) electrons. The highest BCUT2D eigenvalue weighted by atomic mass is 35.5. The molecule has 1 aromatic carbocycles. The first-order chi connectivity index (χ1) is 8.84. The van der Waals surface area contributed by atoms with Gasteiger partial charge in [-0.25, -0.2) is 9.67 Å². The quantitative estimate of drug-likeness (QED) is 0.708. The van der Waals surface area contributed by atoms with Crippen LogP contribution >= 0.6 is 11.6 Å². The molecular weight excluding hydrogens is 248 g/mol. The van der Waals surface area contributed by atoms with Crippen molar-refractivity contribution in [1.82, 2.24) is 19.7 Å². The summed E-state index contributed by atoms with van der Waals surface area (Å²) >= 11 is 6.00. The van der Waals surface area contributed by atoms with Crippen molar-refractivity contribution in [2.45, 2.75) is 0 Å². The van der Waals surface area contributed by atoms with Crippen molar-refractivity contribution in [2.75, 3.05) is 0 Å². The van der Waals surface area contributed by atoms with Crippen molar-refractivity contribution < 1.29 is 0 Å². The Labute approximate surface area is 109 Å². The average molecular weight is 257 g/mol. The number of rotatable bonds is 2. The molecule has 0 fully saturated rings. The summed E-state index contributed by atoms with van der Waals surface area (Å²) in [5.41, 5.74) is 2.47. The molecule has 88 valence electrons. The number of benzene rings is 1. The topological polar surface area (TPSA) is 43.6 Å². The number of nitrogens with zero attached hydrogens (tertiary/aromatic N) is 4. The van der Waals surface area contributed by atoms with Crippen molar-refractivity contribution >= 4 is 11.6 Å². The fourth-order valence-corrected chi connectivity index (χ4v) is 1.90. The average Bonchev–Trinajstić information content (AvgIpc) is 2.90. The Kier molecular flexibility index (Phi) is 2.78. The molecular formula is C13H9ClN4. The summed E-state index contributed by atoms with van der Waals surface area (Å²) in [7, 11) is 0. The summed E-state index contributed by atoms with van der Waals surface area (Å²) in [4.78, 5) is 8.21. The highest BCUT2D eigenvalue weighted by Gasteiger charge is 2.08. The summed E-state index contributed by atoms with van der Waals surface area (Å²) in [5.74, 6) is 0. The highest BCUT2D eigenvalue weighted by molar-refractivity contribution is 6.31. The molecule has 0 spiro atoms. The van der Waals surface area contributed by atoms with Crippen LogP contribution in [-0.2, 0) is 0 Å². The first-order valence-corrected chi connectivity index (χ1v) is 5.79. The van der Waals surface area contributed by atoms with Crippen molar-refractivity contribution in [1.29, 1.82) is 0 Å². The molecule has 0 saturated carbocycles. The number of hydrogen-bond donors (Lipinski definition) is 0. The van der Waals surface area contributed by atoms with Crippen LogP contribution < -0.4 is 0 Å². The SMILES string of the molecule is Clc1nccnc1-c1cnn(-c2ccccc2)c1. The van der Waals surface area contributed by atoms with Gasteiger partial charge in [-0.05, 0) is 12.1 Å². The molecule has 3 aromatic rings. The second-order valence-electron chi connectivity index (χ2n) is 3.70. The Morgan fingerprint density at radius 1 is 1.00 bits per heavy atom. The van der Waals surface area contributed by atoms with Gasteiger partial charge in [-0.1, -0.05) is 29.8 Å². The second kappa shape index (κ2) is 4.58. The summed E-state index contributed by atoms with van der Waals surface area (Å²) in [5, 5.41) is 4.67. The molecule has 0 unspecified atom stereocenters. The lowest BCUT2D eigenvalue weighted by Crippen LogP contribution is -1.92. The van der Waals surface area contributed by atoms with E-state index in [0.29, 0.717) is 10.8 Å². The van der Waals surface area contributed by atoms with Crippen LogP contribution in [0, 0.1) is 0 Å². The molecule has 3 rings (SSSR count). The van der Waals surface area contributed by atoms with E-state index in [2.05, 4.69) is 15.1 Å². The van der Waals surface area contributed by atoms with Crippen LogP contribution in [0.5, 0.6) is 0 Å². The maximum Gasteiger partial charge on any atom is 0.155 e. The van der Waals surface area contributed by atoms with Crippen molar-refractivity contribution in [3.05, 3.63) is 60.3 Å². The highest BCUT2D eigenvalue weighted by Crippen LogP contribution is 2.23. The van der Waals surface area contributed by atoms with Crippen molar-refractivity contribution in [2.24, 2.45) is 0 Å². The van der Waals surface area contributed by atoms with E-state index >= 15 is 0 Å². The third-order valence-corrected chi connectivity index (χ3v) is 2.81. The van der Waals surface area contributed by atoms with Crippen LogP contribution in [0.15, 0.2) is 55.1 Å². The predicted molar refractivity (Wildman–Crippen MR) is 69.6 cm³/mol. The van der Waals surface area contributed by atoms with Gasteiger partial charge in [-0.3, -0.25) is 4.98 Å². The molecule has 0 bridgehead atoms. The van der Waals surface area contributed by atoms with Gasteiger partial charge in [0.25, 0.3) is 0 Å². The number of para-hydroxylation sites is 1. The van der Waals surface area contributed by atoms with Crippen LogP contribution in [0.2, 0.25) is 5.15 Å². The Bertz CT molecular complexity index is 664. The van der Waals surface area contributed by atoms with Gasteiger partial charge >= 0.3 is 0 Å². The zero-order valence-corrected chi connectivity index (χ0v) is 10.1. The zero-order chi connectivity index (χ0) is 12.4. The maximum absolute atomic E-state index is 6.00. The number of halogens is 1. The fourth-order valence-electron chi connectivity index (χ4n) is 1.68. The van der Waals surface area contributed by atoms with Gasteiger partial charge in [-0.15, -0.1) is 0 Å². The molecule has 0 aliphatic heterocycles. The van der Waals surface area contributed by atoms with Crippen molar-refractivity contribution in [3.8, 4) is 16.9 Å². The first-order valence-electron chi connectivity index (χ1n) is 5.41. The first kappa shape index (κ1) is 10.9. The fraction of sp³-hybridized carbons (Fsp3) is 0. The lowest BCUT2D eigenvalue weighted by atomic mass is 10.2. The molecule has 0 atom stereocenters. The van der Waals surface area contributed by atoms with Gasteiger partial charge in [0.1, 0.15) is 5.69 Å². The van der Waals surface area contributed by atoms with E-state index in [1.165, 1.54) is 0 Å². The molecule has 18 heavy (non-hydrogen) atoms. The molecule has 0 aliphatic rings. The Hall–Kier alpha value is -2.20. The minimum Gasteiger partial charge on any atom is -0.251 e. The Balaban J connectivity index is 2.03. The van der Waals surface area contributed by atoms with E-state index in [1.54, 1.807) is 23.3 Å². The van der Waals surface area contributed by atoms with Crippen LogP contribution in [0.25, 0.3) is 16.9 Å². The van der Waals surface area contributed by atoms with E-state index < -0.39 is 0 Å². The lowest BCUT2D eigenvalue weighted by molar-refractivity contribution is 0.880. The lowest BCUT2D eigenvalue weighted by Gasteiger charge is -1.99. The van der Waals surface area contributed by atoms with Gasteiger partial charge in [0.15, 0.2) is 5.15 Å². The van der Waals surface area contributed by atoms with Gasteiger partial charge in [0.2, 0.25) is 0 Å². The minimum atomic E-state index is 0.380. The van der Waals surface area contributed by atoms with Crippen LogP contribution in [-0.4, -0.2) is 19.7 Å². The van der Waals surface area contributed by atoms with E-state index in [-0.39, 0.29) is 0 Å². The summed E-state index contributed by atoms with van der Waals surface area (Å²) in [6.07, 6.45) is 6.78. The van der Waals surface area contributed by atoms with E-state index in [1.807, 2.05) is 36.5 Å². The third-order valence-electron chi connectivity index (χ3n) is 2.53. The van der Waals surface area contributed by atoms with E-state index in [4.69, 9.17) is 11.6 Å². The van der Waals surface area contributed by atoms with Crippen molar-refractivity contribution in [3.63, 3.8) is 0 Å². The van der Waals surface area contributed by atoms with E-state index in [0.717, 1.165) is 11.3 Å². The van der Waals surface area contributed by atoms with Crippen LogP contribution in [0.3, 0.4) is 0 Å². The number of aromatic nitrogens is 4. The molecule has 2 heterocycles. The Morgan fingerprint density at radius 3 is 2.56 bits per heavy atom. The summed E-state index contributed by atoms with van der Waals surface area (Å²) in [6.45, 7) is 0. The van der Waals surface area contributed by atoms with Gasteiger partial charge < -0.3 is 0 Å². The smallest absolute Gasteiger partial charge is 0.155 e. The van der Waals surface area contributed by atoms with Crippen LogP contribution in [0.1, 0.15) is 0 Å². The largest absolute Gasteiger partial charge is 0.251 e. The minimum absolute atomic E-state index is 0.380. The van der Waals surface area contributed by atoms with E-state index in [9.17, 15) is 0 Å². The molecule has 0 aliphatic carbocycles. The number of hydrogen-bond acceptors (Lipinski definition) is 3. The van der Waals surface area contributed by atoms with Gasteiger partial charge in [0.05, 0.1) is 11.9 Å². The maximum atomic E-state index is 6.00. The predicted octanol–water partition coefficient (Wildman–Crippen LogP) is 2.98. The van der Waals surface area contributed by atoms with Gasteiger partial charge in [-0.2, -0.15) is 5.10 Å². The molecule has 0 N–H and O–H groups in total. The molecule has 0 saturated heterocycles. The zero-order valence-electron chi connectivity index (χ0n) is 9.36. The second-order valence-corrected chi connectivity index (χ2v) is 4.06. The standard InChI is InChI=1S/C13H9ClN4/c14-13-12(15-6-7-16-13)10-8-17-18(9-10)11-4-2-1-3-5-11/h1-9H.